The SMILES string of the molecule is CNCC=Cc1cccc(OCc2ccccc2)c1. The van der Waals surface area contributed by atoms with Gasteiger partial charge in [0.05, 0.1) is 0 Å². The average Bonchev–Trinajstić information content (AvgIpc) is 2.47. The summed E-state index contributed by atoms with van der Waals surface area (Å²) < 4.78 is 5.79. The third kappa shape index (κ3) is 4.60. The lowest BCUT2D eigenvalue weighted by molar-refractivity contribution is 0.306. The summed E-state index contributed by atoms with van der Waals surface area (Å²) in [5.41, 5.74) is 2.33. The molecule has 98 valence electrons. The lowest BCUT2D eigenvalue weighted by atomic mass is 10.2. The highest BCUT2D eigenvalue weighted by molar-refractivity contribution is 5.51. The fourth-order valence-corrected chi connectivity index (χ4v) is 1.76. The number of hydrogen-bond donors (Lipinski definition) is 1. The normalized spacial score (nSPS) is 10.8. The predicted octanol–water partition coefficient (Wildman–Crippen LogP) is 3.50. The van der Waals surface area contributed by atoms with Gasteiger partial charge in [0.15, 0.2) is 0 Å². The first-order valence-corrected chi connectivity index (χ1v) is 6.46. The Labute approximate surface area is 114 Å². The minimum absolute atomic E-state index is 0.602. The van der Waals surface area contributed by atoms with Crippen molar-refractivity contribution in [1.29, 1.82) is 0 Å². The van der Waals surface area contributed by atoms with Crippen LogP contribution in [0.1, 0.15) is 11.1 Å². The molecular formula is C17H19NO. The summed E-state index contributed by atoms with van der Waals surface area (Å²) in [6, 6.07) is 18.3. The molecule has 2 rings (SSSR count). The number of rotatable bonds is 6. The third-order valence-electron chi connectivity index (χ3n) is 2.74. The van der Waals surface area contributed by atoms with E-state index in [0.717, 1.165) is 17.9 Å². The number of nitrogens with one attached hydrogen (secondary N) is 1. The third-order valence-corrected chi connectivity index (χ3v) is 2.74. The molecule has 0 aliphatic heterocycles. The van der Waals surface area contributed by atoms with E-state index in [1.807, 2.05) is 37.4 Å². The maximum Gasteiger partial charge on any atom is 0.120 e. The zero-order chi connectivity index (χ0) is 13.3. The van der Waals surface area contributed by atoms with Crippen LogP contribution in [0.4, 0.5) is 0 Å². The molecule has 0 saturated carbocycles. The van der Waals surface area contributed by atoms with Crippen molar-refractivity contribution in [2.45, 2.75) is 6.61 Å². The smallest absolute Gasteiger partial charge is 0.120 e. The fourth-order valence-electron chi connectivity index (χ4n) is 1.76. The second-order valence-corrected chi connectivity index (χ2v) is 4.31. The second-order valence-electron chi connectivity index (χ2n) is 4.31. The van der Waals surface area contributed by atoms with Crippen LogP contribution in [0, 0.1) is 0 Å². The highest BCUT2D eigenvalue weighted by atomic mass is 16.5. The van der Waals surface area contributed by atoms with Crippen LogP contribution in [0.15, 0.2) is 60.7 Å². The average molecular weight is 253 g/mol. The lowest BCUT2D eigenvalue weighted by Crippen LogP contribution is -2.03. The Hall–Kier alpha value is -2.06. The van der Waals surface area contributed by atoms with Gasteiger partial charge in [0, 0.05) is 6.54 Å². The Balaban J connectivity index is 1.95. The maximum atomic E-state index is 5.79. The van der Waals surface area contributed by atoms with Gasteiger partial charge in [-0.05, 0) is 30.3 Å². The van der Waals surface area contributed by atoms with E-state index in [9.17, 15) is 0 Å². The summed E-state index contributed by atoms with van der Waals surface area (Å²) in [6.45, 7) is 1.47. The summed E-state index contributed by atoms with van der Waals surface area (Å²) in [5.74, 6) is 0.899. The van der Waals surface area contributed by atoms with Crippen molar-refractivity contribution >= 4 is 6.08 Å². The molecule has 0 unspecified atom stereocenters. The topological polar surface area (TPSA) is 21.3 Å². The summed E-state index contributed by atoms with van der Waals surface area (Å²) >= 11 is 0. The van der Waals surface area contributed by atoms with E-state index in [-0.39, 0.29) is 0 Å². The molecule has 0 radical (unpaired) electrons. The number of benzene rings is 2. The van der Waals surface area contributed by atoms with E-state index in [4.69, 9.17) is 4.74 Å². The largest absolute Gasteiger partial charge is 0.489 e. The summed E-state index contributed by atoms with van der Waals surface area (Å²) in [5, 5.41) is 3.08. The summed E-state index contributed by atoms with van der Waals surface area (Å²) in [4.78, 5) is 0. The Morgan fingerprint density at radius 1 is 1.05 bits per heavy atom. The maximum absolute atomic E-state index is 5.79. The summed E-state index contributed by atoms with van der Waals surface area (Å²) in [6.07, 6.45) is 4.18. The molecular weight excluding hydrogens is 234 g/mol. The molecule has 1 N–H and O–H groups in total. The Bertz CT molecular complexity index is 520. The highest BCUT2D eigenvalue weighted by Gasteiger charge is 1.96. The number of ether oxygens (including phenoxy) is 1. The molecule has 0 aliphatic rings. The van der Waals surface area contributed by atoms with Gasteiger partial charge in [-0.1, -0.05) is 54.6 Å². The second kappa shape index (κ2) is 7.39. The van der Waals surface area contributed by atoms with Gasteiger partial charge in [0.2, 0.25) is 0 Å². The Morgan fingerprint density at radius 2 is 1.89 bits per heavy atom. The Kier molecular flexibility index (Phi) is 5.20. The van der Waals surface area contributed by atoms with Crippen LogP contribution in [0.2, 0.25) is 0 Å². The zero-order valence-electron chi connectivity index (χ0n) is 11.2. The van der Waals surface area contributed by atoms with Gasteiger partial charge in [-0.2, -0.15) is 0 Å². The van der Waals surface area contributed by atoms with E-state index < -0.39 is 0 Å². The van der Waals surface area contributed by atoms with Crippen molar-refractivity contribution in [2.24, 2.45) is 0 Å². The molecule has 2 aromatic carbocycles. The van der Waals surface area contributed by atoms with E-state index in [1.54, 1.807) is 0 Å². The molecule has 2 heteroatoms. The molecule has 2 nitrogen and oxygen atoms in total. The monoisotopic (exact) mass is 253 g/mol. The molecule has 0 amide bonds. The molecule has 0 aromatic heterocycles. The lowest BCUT2D eigenvalue weighted by Gasteiger charge is -2.06. The van der Waals surface area contributed by atoms with Crippen molar-refractivity contribution in [1.82, 2.24) is 5.32 Å². The zero-order valence-corrected chi connectivity index (χ0v) is 11.2. The van der Waals surface area contributed by atoms with E-state index >= 15 is 0 Å². The molecule has 2 aromatic rings. The van der Waals surface area contributed by atoms with Gasteiger partial charge in [-0.25, -0.2) is 0 Å². The number of hydrogen-bond acceptors (Lipinski definition) is 2. The molecule has 0 aliphatic carbocycles. The van der Waals surface area contributed by atoms with Crippen LogP contribution in [-0.4, -0.2) is 13.6 Å². The van der Waals surface area contributed by atoms with Crippen molar-refractivity contribution in [3.8, 4) is 5.75 Å². The first kappa shape index (κ1) is 13.4. The molecule has 19 heavy (non-hydrogen) atoms. The summed E-state index contributed by atoms with van der Waals surface area (Å²) in [7, 11) is 1.93. The van der Waals surface area contributed by atoms with Gasteiger partial charge in [-0.15, -0.1) is 0 Å². The van der Waals surface area contributed by atoms with Gasteiger partial charge in [0.25, 0.3) is 0 Å². The molecule has 0 heterocycles. The molecule has 0 spiro atoms. The van der Waals surface area contributed by atoms with Gasteiger partial charge in [-0.3, -0.25) is 0 Å². The first-order valence-electron chi connectivity index (χ1n) is 6.46. The van der Waals surface area contributed by atoms with Crippen molar-refractivity contribution < 1.29 is 4.74 Å². The van der Waals surface area contributed by atoms with Gasteiger partial charge < -0.3 is 10.1 Å². The predicted molar refractivity (Wildman–Crippen MR) is 80.2 cm³/mol. The van der Waals surface area contributed by atoms with Crippen LogP contribution < -0.4 is 10.1 Å². The van der Waals surface area contributed by atoms with Crippen LogP contribution >= 0.6 is 0 Å². The Morgan fingerprint density at radius 3 is 2.68 bits per heavy atom. The molecule has 0 bridgehead atoms. The quantitative estimate of drug-likeness (QED) is 0.850. The number of likely N-dealkylation sites (N-methyl/N-ethyl adjacent to an activating group) is 1. The first-order chi connectivity index (χ1) is 9.38. The van der Waals surface area contributed by atoms with Gasteiger partial charge in [0.1, 0.15) is 12.4 Å². The van der Waals surface area contributed by atoms with Crippen molar-refractivity contribution in [2.75, 3.05) is 13.6 Å². The van der Waals surface area contributed by atoms with E-state index in [0.29, 0.717) is 6.61 Å². The standard InChI is InChI=1S/C17H19NO/c1-18-12-6-10-15-9-5-11-17(13-15)19-14-16-7-3-2-4-8-16/h2-11,13,18H,12,14H2,1H3. The molecule has 0 atom stereocenters. The van der Waals surface area contributed by atoms with Crippen molar-refractivity contribution in [3.05, 3.63) is 71.8 Å². The van der Waals surface area contributed by atoms with Gasteiger partial charge >= 0.3 is 0 Å². The van der Waals surface area contributed by atoms with E-state index in [1.165, 1.54) is 5.56 Å². The highest BCUT2D eigenvalue weighted by Crippen LogP contribution is 2.16. The van der Waals surface area contributed by atoms with E-state index in [2.05, 4.69) is 41.7 Å². The van der Waals surface area contributed by atoms with Crippen molar-refractivity contribution in [3.63, 3.8) is 0 Å². The minimum Gasteiger partial charge on any atom is -0.489 e. The van der Waals surface area contributed by atoms with Crippen LogP contribution in [0.25, 0.3) is 6.08 Å². The van der Waals surface area contributed by atoms with Crippen LogP contribution in [0.5, 0.6) is 5.75 Å². The molecule has 0 fully saturated rings. The van der Waals surface area contributed by atoms with Crippen LogP contribution in [0.3, 0.4) is 0 Å². The molecule has 0 saturated heterocycles. The fraction of sp³-hybridized carbons (Fsp3) is 0.176. The minimum atomic E-state index is 0.602. The van der Waals surface area contributed by atoms with Crippen LogP contribution in [-0.2, 0) is 6.61 Å².